The molecule has 0 saturated heterocycles. The van der Waals surface area contributed by atoms with Gasteiger partial charge in [0.05, 0.1) is 37.5 Å². The van der Waals surface area contributed by atoms with Gasteiger partial charge in [-0.3, -0.25) is 4.68 Å². The molecule has 2 N–H and O–H groups in total. The Morgan fingerprint density at radius 1 is 1.19 bits per heavy atom. The van der Waals surface area contributed by atoms with Gasteiger partial charge in [-0.25, -0.2) is 0 Å². The molecule has 0 saturated carbocycles. The molecular formula is C14H18N4O2S. The number of thiocarbonyl (C=S) groups is 1. The van der Waals surface area contributed by atoms with E-state index in [0.29, 0.717) is 10.9 Å². The number of nitrogens with one attached hydrogen (secondary N) is 2. The summed E-state index contributed by atoms with van der Waals surface area (Å²) in [6, 6.07) is 5.48. The highest BCUT2D eigenvalue weighted by Crippen LogP contribution is 2.29. The van der Waals surface area contributed by atoms with Gasteiger partial charge in [0.1, 0.15) is 11.5 Å². The zero-order chi connectivity index (χ0) is 15.4. The molecule has 6 nitrogen and oxygen atoms in total. The predicted molar refractivity (Wildman–Crippen MR) is 87.3 cm³/mol. The van der Waals surface area contributed by atoms with Crippen LogP contribution in [0.15, 0.2) is 24.4 Å². The van der Waals surface area contributed by atoms with Crippen LogP contribution >= 0.6 is 12.2 Å². The molecule has 0 unspecified atom stereocenters. The maximum Gasteiger partial charge on any atom is 0.175 e. The number of anilines is 2. The van der Waals surface area contributed by atoms with Crippen LogP contribution in [0, 0.1) is 6.92 Å². The minimum Gasteiger partial charge on any atom is -0.497 e. The van der Waals surface area contributed by atoms with Gasteiger partial charge in [0.15, 0.2) is 5.11 Å². The average Bonchev–Trinajstić information content (AvgIpc) is 2.79. The topological polar surface area (TPSA) is 60.3 Å². The van der Waals surface area contributed by atoms with E-state index in [9.17, 15) is 0 Å². The van der Waals surface area contributed by atoms with E-state index in [0.717, 1.165) is 22.8 Å². The summed E-state index contributed by atoms with van der Waals surface area (Å²) in [5, 5.41) is 10.8. The molecule has 0 radical (unpaired) electrons. The molecule has 0 bridgehead atoms. The van der Waals surface area contributed by atoms with E-state index in [1.807, 2.05) is 26.1 Å². The third-order valence-corrected chi connectivity index (χ3v) is 3.34. The molecule has 2 rings (SSSR count). The number of methoxy groups -OCH3 is 2. The van der Waals surface area contributed by atoms with E-state index in [2.05, 4.69) is 15.7 Å². The highest BCUT2D eigenvalue weighted by Gasteiger charge is 2.09. The molecule has 7 heteroatoms. The molecule has 21 heavy (non-hydrogen) atoms. The summed E-state index contributed by atoms with van der Waals surface area (Å²) >= 11 is 5.31. The van der Waals surface area contributed by atoms with Crippen molar-refractivity contribution in [1.29, 1.82) is 0 Å². The van der Waals surface area contributed by atoms with Crippen molar-refractivity contribution in [3.8, 4) is 11.5 Å². The molecule has 1 heterocycles. The lowest BCUT2D eigenvalue weighted by molar-refractivity contribution is 0.395. The van der Waals surface area contributed by atoms with Gasteiger partial charge < -0.3 is 20.1 Å². The Balaban J connectivity index is 2.11. The highest BCUT2D eigenvalue weighted by atomic mass is 32.1. The van der Waals surface area contributed by atoms with Crippen LogP contribution < -0.4 is 20.1 Å². The van der Waals surface area contributed by atoms with Crippen LogP contribution in [0.3, 0.4) is 0 Å². The van der Waals surface area contributed by atoms with E-state index in [1.165, 1.54) is 0 Å². The Kier molecular flexibility index (Phi) is 4.64. The van der Waals surface area contributed by atoms with Crippen molar-refractivity contribution in [3.63, 3.8) is 0 Å². The van der Waals surface area contributed by atoms with Crippen molar-refractivity contribution in [2.24, 2.45) is 7.05 Å². The maximum absolute atomic E-state index is 5.32. The molecule has 0 aliphatic rings. The van der Waals surface area contributed by atoms with Crippen LogP contribution in [0.5, 0.6) is 11.5 Å². The second-order valence-corrected chi connectivity index (χ2v) is 4.82. The minimum atomic E-state index is 0.467. The summed E-state index contributed by atoms with van der Waals surface area (Å²) in [5.41, 5.74) is 2.63. The number of hydrogen-bond donors (Lipinski definition) is 2. The van der Waals surface area contributed by atoms with Gasteiger partial charge in [-0.15, -0.1) is 0 Å². The molecule has 0 spiro atoms. The van der Waals surface area contributed by atoms with Crippen molar-refractivity contribution in [2.75, 3.05) is 24.9 Å². The molecular weight excluding hydrogens is 288 g/mol. The SMILES string of the molecule is COc1ccc(NC(=S)Nc2cnn(C)c2C)c(OC)c1. The number of hydrogen-bond acceptors (Lipinski definition) is 4. The fourth-order valence-electron chi connectivity index (χ4n) is 1.80. The lowest BCUT2D eigenvalue weighted by Gasteiger charge is -2.14. The molecule has 1 aromatic carbocycles. The van der Waals surface area contributed by atoms with Gasteiger partial charge >= 0.3 is 0 Å². The van der Waals surface area contributed by atoms with Crippen LogP contribution in [-0.4, -0.2) is 29.1 Å². The van der Waals surface area contributed by atoms with Gasteiger partial charge in [0.25, 0.3) is 0 Å². The number of aryl methyl sites for hydroxylation is 1. The first-order valence-corrected chi connectivity index (χ1v) is 6.74. The Bertz CT molecular complexity index is 654. The molecule has 0 amide bonds. The van der Waals surface area contributed by atoms with E-state index >= 15 is 0 Å². The first kappa shape index (κ1) is 15.1. The van der Waals surface area contributed by atoms with Gasteiger partial charge in [-0.1, -0.05) is 0 Å². The van der Waals surface area contributed by atoms with Gasteiger partial charge in [-0.2, -0.15) is 5.10 Å². The monoisotopic (exact) mass is 306 g/mol. The standard InChI is InChI=1S/C14H18N4O2S/c1-9-12(8-15-18(9)2)17-14(21)16-11-6-5-10(19-3)7-13(11)20-4/h5-8H,1-4H3,(H2,16,17,21). The minimum absolute atomic E-state index is 0.467. The van der Waals surface area contributed by atoms with Crippen LogP contribution in [-0.2, 0) is 7.05 Å². The van der Waals surface area contributed by atoms with Crippen LogP contribution in [0.2, 0.25) is 0 Å². The summed E-state index contributed by atoms with van der Waals surface area (Å²) in [5.74, 6) is 1.38. The Morgan fingerprint density at radius 3 is 2.48 bits per heavy atom. The van der Waals surface area contributed by atoms with Crippen molar-refractivity contribution in [2.45, 2.75) is 6.92 Å². The quantitative estimate of drug-likeness (QED) is 0.847. The largest absolute Gasteiger partial charge is 0.497 e. The zero-order valence-corrected chi connectivity index (χ0v) is 13.2. The normalized spacial score (nSPS) is 10.1. The van der Waals surface area contributed by atoms with Crippen molar-refractivity contribution in [3.05, 3.63) is 30.1 Å². The summed E-state index contributed by atoms with van der Waals surface area (Å²) in [6.07, 6.45) is 1.73. The fourth-order valence-corrected chi connectivity index (χ4v) is 2.02. The Morgan fingerprint density at radius 2 is 1.90 bits per heavy atom. The van der Waals surface area contributed by atoms with Crippen molar-refractivity contribution < 1.29 is 9.47 Å². The second-order valence-electron chi connectivity index (χ2n) is 4.41. The lowest BCUT2D eigenvalue weighted by atomic mass is 10.2. The molecule has 112 valence electrons. The molecule has 1 aromatic heterocycles. The number of ether oxygens (including phenoxy) is 2. The number of nitrogens with zero attached hydrogens (tertiary/aromatic N) is 2. The highest BCUT2D eigenvalue weighted by molar-refractivity contribution is 7.80. The van der Waals surface area contributed by atoms with Gasteiger partial charge in [-0.05, 0) is 31.3 Å². The van der Waals surface area contributed by atoms with E-state index in [4.69, 9.17) is 21.7 Å². The molecule has 0 aliphatic carbocycles. The predicted octanol–water partition coefficient (Wildman–Crippen LogP) is 2.55. The smallest absolute Gasteiger partial charge is 0.175 e. The summed E-state index contributed by atoms with van der Waals surface area (Å²) in [4.78, 5) is 0. The third-order valence-electron chi connectivity index (χ3n) is 3.14. The maximum atomic E-state index is 5.32. The Labute approximate surface area is 129 Å². The van der Waals surface area contributed by atoms with Crippen LogP contribution in [0.1, 0.15) is 5.69 Å². The van der Waals surface area contributed by atoms with Crippen LogP contribution in [0.25, 0.3) is 0 Å². The number of aromatic nitrogens is 2. The zero-order valence-electron chi connectivity index (χ0n) is 12.4. The molecule has 0 atom stereocenters. The average molecular weight is 306 g/mol. The molecule has 2 aromatic rings. The summed E-state index contributed by atoms with van der Waals surface area (Å²) < 4.78 is 12.3. The second kappa shape index (κ2) is 6.45. The van der Waals surface area contributed by atoms with E-state index in [-0.39, 0.29) is 0 Å². The lowest BCUT2D eigenvalue weighted by Crippen LogP contribution is -2.19. The molecule has 0 fully saturated rings. The summed E-state index contributed by atoms with van der Waals surface area (Å²) in [7, 11) is 5.09. The van der Waals surface area contributed by atoms with Gasteiger partial charge in [0.2, 0.25) is 0 Å². The first-order chi connectivity index (χ1) is 10.0. The first-order valence-electron chi connectivity index (χ1n) is 6.33. The summed E-state index contributed by atoms with van der Waals surface area (Å²) in [6.45, 7) is 1.96. The van der Waals surface area contributed by atoms with Crippen molar-refractivity contribution >= 4 is 28.7 Å². The van der Waals surface area contributed by atoms with E-state index < -0.39 is 0 Å². The molecule has 0 aliphatic heterocycles. The number of benzene rings is 1. The van der Waals surface area contributed by atoms with Crippen LogP contribution in [0.4, 0.5) is 11.4 Å². The van der Waals surface area contributed by atoms with Crippen molar-refractivity contribution in [1.82, 2.24) is 9.78 Å². The number of rotatable bonds is 4. The van der Waals surface area contributed by atoms with E-state index in [1.54, 1.807) is 31.2 Å². The fraction of sp³-hybridized carbons (Fsp3) is 0.286. The van der Waals surface area contributed by atoms with Gasteiger partial charge in [0, 0.05) is 13.1 Å². The third kappa shape index (κ3) is 3.43. The Hall–Kier alpha value is -2.28.